The molecule has 16 heavy (non-hydrogen) atoms. The van der Waals surface area contributed by atoms with Crippen molar-refractivity contribution in [2.24, 2.45) is 0 Å². The van der Waals surface area contributed by atoms with E-state index in [2.05, 4.69) is 20.8 Å². The molecule has 0 aromatic heterocycles. The highest BCUT2D eigenvalue weighted by molar-refractivity contribution is 9.09. The highest BCUT2D eigenvalue weighted by atomic mass is 79.9. The third-order valence-electron chi connectivity index (χ3n) is 2.65. The highest BCUT2D eigenvalue weighted by Gasteiger charge is 2.16. The summed E-state index contributed by atoms with van der Waals surface area (Å²) in [6.45, 7) is 5.12. The van der Waals surface area contributed by atoms with Gasteiger partial charge in [-0.15, -0.1) is 0 Å². The van der Waals surface area contributed by atoms with Crippen LogP contribution >= 0.6 is 15.9 Å². The molecule has 0 aliphatic rings. The summed E-state index contributed by atoms with van der Waals surface area (Å²) in [7, 11) is -0.888. The molecular formula is C11H24BrNO2S. The Kier molecular flexibility index (Phi) is 8.68. The van der Waals surface area contributed by atoms with Crippen LogP contribution in [0, 0.1) is 0 Å². The molecule has 0 aliphatic heterocycles. The van der Waals surface area contributed by atoms with Crippen LogP contribution in [0.25, 0.3) is 0 Å². The van der Waals surface area contributed by atoms with E-state index in [-0.39, 0.29) is 11.0 Å². The standard InChI is InChI=1S/C11H24BrNO2S/c1-11(2)16(14,15)10-9-13(3)8-6-4-5-7-12/h11H,4-10H2,1-3H3. The maximum Gasteiger partial charge on any atom is 0.153 e. The maximum atomic E-state index is 11.6. The van der Waals surface area contributed by atoms with E-state index < -0.39 is 9.84 Å². The lowest BCUT2D eigenvalue weighted by Crippen LogP contribution is -2.29. The zero-order valence-electron chi connectivity index (χ0n) is 10.6. The molecule has 0 saturated heterocycles. The Balaban J connectivity index is 3.69. The van der Waals surface area contributed by atoms with Gasteiger partial charge in [0, 0.05) is 11.9 Å². The van der Waals surface area contributed by atoms with Crippen LogP contribution in [-0.2, 0) is 9.84 Å². The van der Waals surface area contributed by atoms with Crippen LogP contribution < -0.4 is 0 Å². The molecule has 0 spiro atoms. The van der Waals surface area contributed by atoms with Gasteiger partial charge in [0.1, 0.15) is 0 Å². The summed E-state index contributed by atoms with van der Waals surface area (Å²) in [5.41, 5.74) is 0. The number of hydrogen-bond donors (Lipinski definition) is 0. The molecule has 5 heteroatoms. The van der Waals surface area contributed by atoms with Crippen LogP contribution in [0.4, 0.5) is 0 Å². The minimum absolute atomic E-state index is 0.255. The first-order valence-electron chi connectivity index (χ1n) is 5.86. The van der Waals surface area contributed by atoms with Crippen molar-refractivity contribution in [3.63, 3.8) is 0 Å². The van der Waals surface area contributed by atoms with Crippen molar-refractivity contribution < 1.29 is 8.42 Å². The van der Waals surface area contributed by atoms with Gasteiger partial charge >= 0.3 is 0 Å². The maximum absolute atomic E-state index is 11.6. The minimum Gasteiger partial charge on any atom is -0.305 e. The number of halogens is 1. The van der Waals surface area contributed by atoms with Crippen LogP contribution in [0.15, 0.2) is 0 Å². The fourth-order valence-corrected chi connectivity index (χ4v) is 2.72. The molecule has 0 aromatic carbocycles. The Hall–Kier alpha value is 0.390. The van der Waals surface area contributed by atoms with Crippen molar-refractivity contribution in [3.05, 3.63) is 0 Å². The number of nitrogens with zero attached hydrogens (tertiary/aromatic N) is 1. The average molecular weight is 314 g/mol. The second-order valence-corrected chi connectivity index (χ2v) is 7.94. The van der Waals surface area contributed by atoms with E-state index >= 15 is 0 Å². The van der Waals surface area contributed by atoms with Crippen molar-refractivity contribution in [1.82, 2.24) is 4.90 Å². The second kappa shape index (κ2) is 8.48. The predicted octanol–water partition coefficient (Wildman–Crippen LogP) is 2.31. The summed E-state index contributed by atoms with van der Waals surface area (Å²) >= 11 is 3.40. The van der Waals surface area contributed by atoms with Gasteiger partial charge in [-0.1, -0.05) is 22.4 Å². The SMILES string of the molecule is CC(C)S(=O)(=O)CCN(C)CCCCCBr. The lowest BCUT2D eigenvalue weighted by Gasteiger charge is -2.17. The van der Waals surface area contributed by atoms with E-state index in [1.807, 2.05) is 7.05 Å². The molecule has 3 nitrogen and oxygen atoms in total. The average Bonchev–Trinajstić information content (AvgIpc) is 2.21. The van der Waals surface area contributed by atoms with Crippen molar-refractivity contribution in [2.45, 2.75) is 38.4 Å². The van der Waals surface area contributed by atoms with Gasteiger partial charge in [0.2, 0.25) is 0 Å². The molecule has 0 radical (unpaired) electrons. The molecule has 0 unspecified atom stereocenters. The summed E-state index contributed by atoms with van der Waals surface area (Å²) in [6.07, 6.45) is 3.54. The van der Waals surface area contributed by atoms with Gasteiger partial charge in [-0.3, -0.25) is 0 Å². The Labute approximate surface area is 109 Å². The van der Waals surface area contributed by atoms with Gasteiger partial charge in [0.05, 0.1) is 11.0 Å². The summed E-state index contributed by atoms with van der Waals surface area (Å²) < 4.78 is 23.2. The lowest BCUT2D eigenvalue weighted by molar-refractivity contribution is 0.343. The van der Waals surface area contributed by atoms with E-state index in [9.17, 15) is 8.42 Å². The normalized spacial score (nSPS) is 12.6. The third kappa shape index (κ3) is 7.63. The van der Waals surface area contributed by atoms with Gasteiger partial charge in [-0.25, -0.2) is 8.42 Å². The zero-order valence-corrected chi connectivity index (χ0v) is 13.0. The monoisotopic (exact) mass is 313 g/mol. The van der Waals surface area contributed by atoms with E-state index in [4.69, 9.17) is 0 Å². The molecule has 0 aliphatic carbocycles. The van der Waals surface area contributed by atoms with Crippen molar-refractivity contribution in [3.8, 4) is 0 Å². The quantitative estimate of drug-likeness (QED) is 0.484. The molecule has 0 fully saturated rings. The summed E-state index contributed by atoms with van der Waals surface area (Å²) in [5, 5.41) is 0.799. The Morgan fingerprint density at radius 2 is 1.75 bits per heavy atom. The van der Waals surface area contributed by atoms with E-state index in [1.54, 1.807) is 13.8 Å². The summed E-state index contributed by atoms with van der Waals surface area (Å²) in [4.78, 5) is 2.11. The molecule has 0 aromatic rings. The fraction of sp³-hybridized carbons (Fsp3) is 1.00. The number of sulfone groups is 1. The number of hydrogen-bond acceptors (Lipinski definition) is 3. The summed E-state index contributed by atoms with van der Waals surface area (Å²) in [6, 6.07) is 0. The molecule has 0 N–H and O–H groups in total. The molecular weight excluding hydrogens is 290 g/mol. The minimum atomic E-state index is -2.88. The van der Waals surface area contributed by atoms with Crippen molar-refractivity contribution >= 4 is 25.8 Å². The van der Waals surface area contributed by atoms with Crippen LogP contribution in [0.3, 0.4) is 0 Å². The molecule has 0 amide bonds. The first-order valence-corrected chi connectivity index (χ1v) is 8.70. The van der Waals surface area contributed by atoms with Crippen LogP contribution in [0.2, 0.25) is 0 Å². The lowest BCUT2D eigenvalue weighted by atomic mass is 10.2. The molecule has 0 heterocycles. The Morgan fingerprint density at radius 3 is 2.25 bits per heavy atom. The van der Waals surface area contributed by atoms with Gasteiger partial charge < -0.3 is 4.90 Å². The number of rotatable bonds is 9. The van der Waals surface area contributed by atoms with Gasteiger partial charge in [0.25, 0.3) is 0 Å². The smallest absolute Gasteiger partial charge is 0.153 e. The Morgan fingerprint density at radius 1 is 1.12 bits per heavy atom. The molecule has 0 rings (SSSR count). The van der Waals surface area contributed by atoms with Gasteiger partial charge in [0.15, 0.2) is 9.84 Å². The molecule has 98 valence electrons. The van der Waals surface area contributed by atoms with Crippen molar-refractivity contribution in [1.29, 1.82) is 0 Å². The topological polar surface area (TPSA) is 37.4 Å². The van der Waals surface area contributed by atoms with Crippen molar-refractivity contribution in [2.75, 3.05) is 31.2 Å². The first kappa shape index (κ1) is 16.4. The van der Waals surface area contributed by atoms with Gasteiger partial charge in [-0.05, 0) is 40.3 Å². The Bertz CT molecular complexity index is 265. The zero-order chi connectivity index (χ0) is 12.6. The molecule has 0 saturated carbocycles. The summed E-state index contributed by atoms with van der Waals surface area (Å²) in [5.74, 6) is 0.277. The fourth-order valence-electron chi connectivity index (χ4n) is 1.28. The molecule has 0 atom stereocenters. The number of alkyl halides is 1. The van der Waals surface area contributed by atoms with Crippen LogP contribution in [0.5, 0.6) is 0 Å². The third-order valence-corrected chi connectivity index (χ3v) is 5.40. The first-order chi connectivity index (χ1) is 7.40. The second-order valence-electron chi connectivity index (χ2n) is 4.47. The van der Waals surface area contributed by atoms with E-state index in [0.29, 0.717) is 6.54 Å². The molecule has 0 bridgehead atoms. The van der Waals surface area contributed by atoms with Crippen LogP contribution in [0.1, 0.15) is 33.1 Å². The largest absolute Gasteiger partial charge is 0.305 e. The van der Waals surface area contributed by atoms with Gasteiger partial charge in [-0.2, -0.15) is 0 Å². The number of unbranched alkanes of at least 4 members (excludes halogenated alkanes) is 2. The highest BCUT2D eigenvalue weighted by Crippen LogP contribution is 2.03. The predicted molar refractivity (Wildman–Crippen MR) is 74.1 cm³/mol. The van der Waals surface area contributed by atoms with Crippen LogP contribution in [-0.4, -0.2) is 49.8 Å². The van der Waals surface area contributed by atoms with E-state index in [0.717, 1.165) is 18.3 Å². The van der Waals surface area contributed by atoms with E-state index in [1.165, 1.54) is 12.8 Å².